The summed E-state index contributed by atoms with van der Waals surface area (Å²) < 4.78 is 34.7. The van der Waals surface area contributed by atoms with Crippen LogP contribution < -0.4 is 0 Å². The highest BCUT2D eigenvalue weighted by molar-refractivity contribution is 8.01. The van der Waals surface area contributed by atoms with E-state index in [2.05, 4.69) is 10.2 Å². The maximum atomic E-state index is 11.7. The predicted molar refractivity (Wildman–Crippen MR) is 37.2 cm³/mol. The van der Waals surface area contributed by atoms with Gasteiger partial charge in [-0.05, 0) is 0 Å². The van der Waals surface area contributed by atoms with Crippen LogP contribution in [0.1, 0.15) is 9.80 Å². The van der Waals surface area contributed by atoms with E-state index < -0.39 is 5.51 Å². The summed E-state index contributed by atoms with van der Waals surface area (Å²) in [7, 11) is 0. The first-order valence-electron chi connectivity index (χ1n) is 2.56. The summed E-state index contributed by atoms with van der Waals surface area (Å²) in [6, 6.07) is 0. The average molecular weight is 214 g/mol. The normalized spacial score (nSPS) is 11.6. The van der Waals surface area contributed by atoms with Crippen molar-refractivity contribution in [2.75, 3.05) is 0 Å². The van der Waals surface area contributed by atoms with Gasteiger partial charge in [-0.15, -0.1) is 10.2 Å². The fourth-order valence-corrected chi connectivity index (χ4v) is 1.78. The Balaban J connectivity index is 2.70. The Kier molecular flexibility index (Phi) is 2.68. The second-order valence-corrected chi connectivity index (χ2v) is 3.89. The van der Waals surface area contributed by atoms with Crippen molar-refractivity contribution in [3.63, 3.8) is 0 Å². The van der Waals surface area contributed by atoms with E-state index in [1.54, 1.807) is 0 Å². The Labute approximate surface area is 73.0 Å². The molecule has 0 aromatic carbocycles. The number of alkyl halides is 3. The number of carbonyl (C=O) groups excluding carboxylic acids is 1. The molecule has 0 saturated heterocycles. The molecular weight excluding hydrogens is 213 g/mol. The molecule has 1 heterocycles. The number of aromatic nitrogens is 2. The first-order chi connectivity index (χ1) is 5.51. The van der Waals surface area contributed by atoms with Crippen molar-refractivity contribution in [3.8, 4) is 0 Å². The maximum absolute atomic E-state index is 11.7. The van der Waals surface area contributed by atoms with Gasteiger partial charge in [0, 0.05) is 11.8 Å². The van der Waals surface area contributed by atoms with Gasteiger partial charge in [-0.2, -0.15) is 13.2 Å². The lowest BCUT2D eigenvalue weighted by molar-refractivity contribution is -0.0328. The number of hydrogen-bond donors (Lipinski definition) is 0. The minimum atomic E-state index is -4.38. The van der Waals surface area contributed by atoms with Gasteiger partial charge in [0.05, 0.1) is 0 Å². The predicted octanol–water partition coefficient (Wildman–Crippen LogP) is 1.96. The van der Waals surface area contributed by atoms with Crippen LogP contribution in [0.15, 0.2) is 4.34 Å². The van der Waals surface area contributed by atoms with E-state index >= 15 is 0 Å². The molecule has 0 unspecified atom stereocenters. The van der Waals surface area contributed by atoms with Gasteiger partial charge >= 0.3 is 5.51 Å². The molecule has 1 rings (SSSR count). The number of halogens is 3. The zero-order chi connectivity index (χ0) is 9.19. The number of rotatable bonds is 2. The second kappa shape index (κ2) is 3.40. The van der Waals surface area contributed by atoms with Crippen molar-refractivity contribution in [3.05, 3.63) is 5.01 Å². The Hall–Kier alpha value is -0.630. The van der Waals surface area contributed by atoms with Gasteiger partial charge in [0.25, 0.3) is 0 Å². The van der Waals surface area contributed by atoms with Crippen molar-refractivity contribution >= 4 is 29.4 Å². The summed E-state index contributed by atoms with van der Waals surface area (Å²) in [5.41, 5.74) is -4.38. The lowest BCUT2D eigenvalue weighted by atomic mass is 10.8. The third-order valence-electron chi connectivity index (χ3n) is 0.726. The van der Waals surface area contributed by atoms with Gasteiger partial charge in [-0.1, -0.05) is 11.3 Å². The third kappa shape index (κ3) is 2.78. The molecule has 0 amide bonds. The molecule has 0 spiro atoms. The van der Waals surface area contributed by atoms with Gasteiger partial charge in [0.2, 0.25) is 0 Å². The molecule has 0 atom stereocenters. The Morgan fingerprint density at radius 3 is 2.50 bits per heavy atom. The number of hydrogen-bond acceptors (Lipinski definition) is 5. The SMILES string of the molecule is O=Cc1nnc(SC(F)(F)F)s1. The van der Waals surface area contributed by atoms with Crippen LogP contribution in [0.5, 0.6) is 0 Å². The number of nitrogens with zero attached hydrogens (tertiary/aromatic N) is 2. The van der Waals surface area contributed by atoms with Gasteiger partial charge in [-0.3, -0.25) is 4.79 Å². The highest BCUT2D eigenvalue weighted by Crippen LogP contribution is 2.37. The number of aldehydes is 1. The molecule has 0 fully saturated rings. The maximum Gasteiger partial charge on any atom is 0.448 e. The zero-order valence-corrected chi connectivity index (χ0v) is 6.96. The summed E-state index contributed by atoms with van der Waals surface area (Å²) in [4.78, 5) is 10.0. The Morgan fingerprint density at radius 1 is 1.42 bits per heavy atom. The van der Waals surface area contributed by atoms with Crippen molar-refractivity contribution in [2.45, 2.75) is 9.85 Å². The first kappa shape index (κ1) is 9.46. The highest BCUT2D eigenvalue weighted by Gasteiger charge is 2.31. The largest absolute Gasteiger partial charge is 0.448 e. The molecule has 8 heteroatoms. The van der Waals surface area contributed by atoms with Crippen molar-refractivity contribution in [2.24, 2.45) is 0 Å². The van der Waals surface area contributed by atoms with Crippen LogP contribution >= 0.6 is 23.1 Å². The van der Waals surface area contributed by atoms with E-state index in [1.165, 1.54) is 0 Å². The van der Waals surface area contributed by atoms with E-state index in [1.807, 2.05) is 0 Å². The Morgan fingerprint density at radius 2 is 2.08 bits per heavy atom. The molecule has 66 valence electrons. The molecule has 0 aliphatic rings. The third-order valence-corrected chi connectivity index (χ3v) is 2.36. The zero-order valence-electron chi connectivity index (χ0n) is 5.33. The van der Waals surface area contributed by atoms with Crippen molar-refractivity contribution in [1.82, 2.24) is 10.2 Å². The minimum absolute atomic E-state index is 0.0539. The van der Waals surface area contributed by atoms with E-state index in [4.69, 9.17) is 0 Å². The summed E-state index contributed by atoms with van der Waals surface area (Å²) in [5, 5.41) is 6.30. The van der Waals surface area contributed by atoms with E-state index in [-0.39, 0.29) is 21.1 Å². The first-order valence-corrected chi connectivity index (χ1v) is 4.19. The van der Waals surface area contributed by atoms with Crippen molar-refractivity contribution < 1.29 is 18.0 Å². The number of thioether (sulfide) groups is 1. The van der Waals surface area contributed by atoms with E-state index in [0.717, 1.165) is 0 Å². The number of carbonyl (C=O) groups is 1. The average Bonchev–Trinajstić information content (AvgIpc) is 2.32. The molecular formula is C4HF3N2OS2. The quantitative estimate of drug-likeness (QED) is 0.557. The van der Waals surface area contributed by atoms with Crippen LogP contribution in [-0.4, -0.2) is 22.0 Å². The molecule has 0 bridgehead atoms. The van der Waals surface area contributed by atoms with Gasteiger partial charge in [-0.25, -0.2) is 0 Å². The smallest absolute Gasteiger partial charge is 0.295 e. The molecule has 3 nitrogen and oxygen atoms in total. The molecule has 1 aromatic rings. The lowest BCUT2D eigenvalue weighted by Crippen LogP contribution is -1.98. The van der Waals surface area contributed by atoms with Crippen molar-refractivity contribution in [1.29, 1.82) is 0 Å². The summed E-state index contributed by atoms with van der Waals surface area (Å²) in [5.74, 6) is 0. The van der Waals surface area contributed by atoms with Crippen LogP contribution in [0.3, 0.4) is 0 Å². The van der Waals surface area contributed by atoms with Gasteiger partial charge < -0.3 is 0 Å². The van der Waals surface area contributed by atoms with Gasteiger partial charge in [0.15, 0.2) is 15.6 Å². The molecule has 0 aliphatic carbocycles. The molecule has 0 saturated carbocycles. The topological polar surface area (TPSA) is 42.9 Å². The lowest BCUT2D eigenvalue weighted by Gasteiger charge is -1.98. The highest BCUT2D eigenvalue weighted by atomic mass is 32.2. The standard InChI is InChI=1S/C4HF3N2OS2/c5-4(6,7)12-3-9-8-2(1-10)11-3/h1H. The van der Waals surface area contributed by atoms with Crippen LogP contribution in [0.4, 0.5) is 13.2 Å². The molecule has 12 heavy (non-hydrogen) atoms. The molecule has 0 aliphatic heterocycles. The van der Waals surface area contributed by atoms with E-state index in [0.29, 0.717) is 17.6 Å². The van der Waals surface area contributed by atoms with Crippen LogP contribution in [0, 0.1) is 0 Å². The summed E-state index contributed by atoms with van der Waals surface area (Å²) in [6.07, 6.45) is 0.359. The molecule has 0 radical (unpaired) electrons. The van der Waals surface area contributed by atoms with Gasteiger partial charge in [0.1, 0.15) is 0 Å². The Bertz CT molecular complexity index is 284. The molecule has 1 aromatic heterocycles. The molecule has 0 N–H and O–H groups in total. The monoisotopic (exact) mass is 214 g/mol. The summed E-state index contributed by atoms with van der Waals surface area (Å²) >= 11 is 0.235. The second-order valence-electron chi connectivity index (χ2n) is 1.57. The van der Waals surface area contributed by atoms with Crippen LogP contribution in [0.2, 0.25) is 0 Å². The minimum Gasteiger partial charge on any atom is -0.295 e. The van der Waals surface area contributed by atoms with E-state index in [9.17, 15) is 18.0 Å². The van der Waals surface area contributed by atoms with Crippen LogP contribution in [-0.2, 0) is 0 Å². The summed E-state index contributed by atoms with van der Waals surface area (Å²) in [6.45, 7) is 0. The fraction of sp³-hybridized carbons (Fsp3) is 0.250. The fourth-order valence-electron chi connectivity index (χ4n) is 0.408. The van der Waals surface area contributed by atoms with Crippen LogP contribution in [0.25, 0.3) is 0 Å².